The Morgan fingerprint density at radius 1 is 1.08 bits per heavy atom. The van der Waals surface area contributed by atoms with Crippen molar-refractivity contribution in [1.29, 1.82) is 0 Å². The fourth-order valence-corrected chi connectivity index (χ4v) is 2.51. The van der Waals surface area contributed by atoms with Crippen LogP contribution in [0.4, 0.5) is 5.69 Å². The number of halogens is 2. The first-order valence-electron chi connectivity index (χ1n) is 6.95. The van der Waals surface area contributed by atoms with Crippen LogP contribution in [0, 0.1) is 0 Å². The highest BCUT2D eigenvalue weighted by Crippen LogP contribution is 2.27. The van der Waals surface area contributed by atoms with Gasteiger partial charge < -0.3 is 10.3 Å². The zero-order chi connectivity index (χ0) is 17.1. The van der Waals surface area contributed by atoms with Gasteiger partial charge in [0.2, 0.25) is 0 Å². The van der Waals surface area contributed by atoms with E-state index in [1.54, 1.807) is 42.7 Å². The van der Waals surface area contributed by atoms with Gasteiger partial charge >= 0.3 is 0 Å². The number of carbonyl (C=O) groups excluding carboxylic acids is 2. The highest BCUT2D eigenvalue weighted by atomic mass is 35.5. The molecule has 0 spiro atoms. The van der Waals surface area contributed by atoms with Crippen LogP contribution >= 0.6 is 23.2 Å². The summed E-state index contributed by atoms with van der Waals surface area (Å²) in [5.41, 5.74) is 1.46. The van der Waals surface area contributed by atoms with E-state index in [0.29, 0.717) is 16.3 Å². The number of hydrogen-bond acceptors (Lipinski definition) is 3. The molecule has 120 valence electrons. The molecule has 0 atom stereocenters. The number of pyridine rings is 1. The Kier molecular flexibility index (Phi) is 4.64. The van der Waals surface area contributed by atoms with E-state index < -0.39 is 0 Å². The average molecular weight is 360 g/mol. The monoisotopic (exact) mass is 359 g/mol. The Balaban J connectivity index is 1.81. The molecule has 0 radical (unpaired) electrons. The van der Waals surface area contributed by atoms with E-state index in [-0.39, 0.29) is 28.0 Å². The van der Waals surface area contributed by atoms with Crippen LogP contribution in [0.1, 0.15) is 26.4 Å². The molecule has 7 heteroatoms. The maximum atomic E-state index is 12.5. The number of benzene rings is 1. The molecule has 24 heavy (non-hydrogen) atoms. The summed E-state index contributed by atoms with van der Waals surface area (Å²) in [6.45, 7) is 0. The highest BCUT2D eigenvalue weighted by molar-refractivity contribution is 6.44. The fraction of sp³-hybridized carbons (Fsp3) is 0. The number of H-pyrrole nitrogens is 1. The minimum Gasteiger partial charge on any atom is -0.356 e. The Labute approximate surface area is 147 Å². The minimum atomic E-state index is -0.363. The standard InChI is InChI=1S/C17H11Cl2N3O2/c18-13-3-1-2-12(15(13)19)16(23)10-8-14(21-9-10)17(24)22-11-4-6-20-7-5-11/h1-9,21H,(H,20,22,24). The fourth-order valence-electron chi connectivity index (χ4n) is 2.12. The molecule has 0 bridgehead atoms. The van der Waals surface area contributed by atoms with Gasteiger partial charge in [-0.1, -0.05) is 29.3 Å². The second-order valence-electron chi connectivity index (χ2n) is 4.92. The van der Waals surface area contributed by atoms with Crippen LogP contribution < -0.4 is 5.32 Å². The van der Waals surface area contributed by atoms with Crippen molar-refractivity contribution in [3.05, 3.63) is 81.9 Å². The normalized spacial score (nSPS) is 10.4. The first-order chi connectivity index (χ1) is 11.6. The number of carbonyl (C=O) groups is 2. The Hall–Kier alpha value is -2.63. The molecular weight excluding hydrogens is 349 g/mol. The molecule has 3 aromatic rings. The van der Waals surface area contributed by atoms with Gasteiger partial charge in [-0.3, -0.25) is 14.6 Å². The van der Waals surface area contributed by atoms with Crippen LogP contribution in [-0.2, 0) is 0 Å². The molecular formula is C17H11Cl2N3O2. The molecule has 1 aromatic carbocycles. The minimum absolute atomic E-state index is 0.188. The first kappa shape index (κ1) is 16.2. The van der Waals surface area contributed by atoms with Crippen LogP contribution in [0.2, 0.25) is 10.0 Å². The lowest BCUT2D eigenvalue weighted by molar-refractivity contribution is 0.102. The molecule has 0 saturated heterocycles. The van der Waals surface area contributed by atoms with Gasteiger partial charge in [0, 0.05) is 35.4 Å². The van der Waals surface area contributed by atoms with Crippen molar-refractivity contribution in [2.45, 2.75) is 0 Å². The van der Waals surface area contributed by atoms with Crippen molar-refractivity contribution >= 4 is 40.6 Å². The number of rotatable bonds is 4. The van der Waals surface area contributed by atoms with E-state index in [1.807, 2.05) is 0 Å². The summed E-state index contributed by atoms with van der Waals surface area (Å²) in [6.07, 6.45) is 4.60. The molecule has 0 aliphatic heterocycles. The lowest BCUT2D eigenvalue weighted by Crippen LogP contribution is -2.12. The molecule has 2 heterocycles. The zero-order valence-corrected chi connectivity index (χ0v) is 13.7. The second-order valence-corrected chi connectivity index (χ2v) is 5.71. The van der Waals surface area contributed by atoms with E-state index >= 15 is 0 Å². The van der Waals surface area contributed by atoms with Gasteiger partial charge in [-0.25, -0.2) is 0 Å². The largest absolute Gasteiger partial charge is 0.356 e. The van der Waals surface area contributed by atoms with Crippen LogP contribution in [0.3, 0.4) is 0 Å². The third kappa shape index (κ3) is 3.32. The molecule has 1 amide bonds. The highest BCUT2D eigenvalue weighted by Gasteiger charge is 2.18. The molecule has 2 aromatic heterocycles. The number of amides is 1. The summed E-state index contributed by atoms with van der Waals surface area (Å²) in [4.78, 5) is 31.4. The summed E-state index contributed by atoms with van der Waals surface area (Å²) in [5, 5.41) is 3.19. The zero-order valence-electron chi connectivity index (χ0n) is 12.2. The van der Waals surface area contributed by atoms with Gasteiger partial charge in [0.1, 0.15) is 5.69 Å². The van der Waals surface area contributed by atoms with E-state index in [9.17, 15) is 9.59 Å². The predicted octanol–water partition coefficient (Wildman–Crippen LogP) is 4.20. The van der Waals surface area contributed by atoms with Crippen molar-refractivity contribution in [3.8, 4) is 0 Å². The quantitative estimate of drug-likeness (QED) is 0.685. The lowest BCUT2D eigenvalue weighted by atomic mass is 10.1. The average Bonchev–Trinajstić information content (AvgIpc) is 3.08. The number of ketones is 1. The number of nitrogens with one attached hydrogen (secondary N) is 2. The number of aromatic amines is 1. The number of anilines is 1. The van der Waals surface area contributed by atoms with Gasteiger partial charge in [0.15, 0.2) is 5.78 Å². The number of nitrogens with zero attached hydrogens (tertiary/aromatic N) is 1. The van der Waals surface area contributed by atoms with Gasteiger partial charge in [0.25, 0.3) is 5.91 Å². The van der Waals surface area contributed by atoms with E-state index in [4.69, 9.17) is 23.2 Å². The van der Waals surface area contributed by atoms with Crippen LogP contribution in [-0.4, -0.2) is 21.7 Å². The van der Waals surface area contributed by atoms with E-state index in [2.05, 4.69) is 15.3 Å². The number of aromatic nitrogens is 2. The van der Waals surface area contributed by atoms with Crippen LogP contribution in [0.15, 0.2) is 55.0 Å². The molecule has 0 aliphatic carbocycles. The third-order valence-electron chi connectivity index (χ3n) is 3.32. The van der Waals surface area contributed by atoms with Crippen LogP contribution in [0.25, 0.3) is 0 Å². The Bertz CT molecular complexity index is 907. The second kappa shape index (κ2) is 6.86. The lowest BCUT2D eigenvalue weighted by Gasteiger charge is -2.03. The van der Waals surface area contributed by atoms with Crippen LogP contribution in [0.5, 0.6) is 0 Å². The summed E-state index contributed by atoms with van der Waals surface area (Å²) in [5.74, 6) is -0.681. The van der Waals surface area contributed by atoms with E-state index in [0.717, 1.165) is 0 Å². The summed E-state index contributed by atoms with van der Waals surface area (Å²) < 4.78 is 0. The molecule has 5 nitrogen and oxygen atoms in total. The van der Waals surface area contributed by atoms with Crippen molar-refractivity contribution < 1.29 is 9.59 Å². The van der Waals surface area contributed by atoms with Gasteiger partial charge in [-0.15, -0.1) is 0 Å². The topological polar surface area (TPSA) is 74.8 Å². The maximum absolute atomic E-state index is 12.5. The SMILES string of the molecule is O=C(Nc1ccncc1)c1cc(C(=O)c2cccc(Cl)c2Cl)c[nH]1. The smallest absolute Gasteiger partial charge is 0.272 e. The molecule has 3 rings (SSSR count). The van der Waals surface area contributed by atoms with Crippen molar-refractivity contribution in [2.24, 2.45) is 0 Å². The predicted molar refractivity (Wildman–Crippen MR) is 92.9 cm³/mol. The Morgan fingerprint density at radius 3 is 2.58 bits per heavy atom. The van der Waals surface area contributed by atoms with Crippen molar-refractivity contribution in [3.63, 3.8) is 0 Å². The van der Waals surface area contributed by atoms with Crippen molar-refractivity contribution in [1.82, 2.24) is 9.97 Å². The maximum Gasteiger partial charge on any atom is 0.272 e. The molecule has 0 saturated carbocycles. The van der Waals surface area contributed by atoms with E-state index in [1.165, 1.54) is 12.3 Å². The molecule has 0 fully saturated rings. The summed E-state index contributed by atoms with van der Waals surface area (Å²) >= 11 is 12.0. The molecule has 0 aliphatic rings. The third-order valence-corrected chi connectivity index (χ3v) is 4.14. The van der Waals surface area contributed by atoms with Gasteiger partial charge in [0.05, 0.1) is 10.0 Å². The first-order valence-corrected chi connectivity index (χ1v) is 7.70. The van der Waals surface area contributed by atoms with Gasteiger partial charge in [-0.05, 0) is 30.3 Å². The Morgan fingerprint density at radius 2 is 1.83 bits per heavy atom. The number of hydrogen-bond donors (Lipinski definition) is 2. The molecule has 2 N–H and O–H groups in total. The summed E-state index contributed by atoms with van der Waals surface area (Å²) in [7, 11) is 0. The van der Waals surface area contributed by atoms with Crippen molar-refractivity contribution in [2.75, 3.05) is 5.32 Å². The molecule has 0 unspecified atom stereocenters. The summed E-state index contributed by atoms with van der Waals surface area (Å²) in [6, 6.07) is 9.63. The van der Waals surface area contributed by atoms with Gasteiger partial charge in [-0.2, -0.15) is 0 Å².